The summed E-state index contributed by atoms with van der Waals surface area (Å²) >= 11 is 0. The third kappa shape index (κ3) is 2.86. The molecular formula is C14H27N3O. The van der Waals surface area contributed by atoms with Crippen LogP contribution in [-0.4, -0.2) is 54.1 Å². The fourth-order valence-corrected chi connectivity index (χ4v) is 3.25. The van der Waals surface area contributed by atoms with Gasteiger partial charge in [0.25, 0.3) is 0 Å². The normalized spacial score (nSPS) is 29.8. The average Bonchev–Trinajstić information content (AvgIpc) is 2.97. The van der Waals surface area contributed by atoms with Crippen LogP contribution in [0.5, 0.6) is 0 Å². The number of nitrogens with one attached hydrogen (secondary N) is 1. The van der Waals surface area contributed by atoms with E-state index in [0.29, 0.717) is 0 Å². The van der Waals surface area contributed by atoms with Crippen LogP contribution >= 0.6 is 0 Å². The van der Waals surface area contributed by atoms with Gasteiger partial charge in [0.2, 0.25) is 5.91 Å². The fraction of sp³-hybridized carbons (Fsp3) is 0.929. The fourth-order valence-electron chi connectivity index (χ4n) is 3.25. The van der Waals surface area contributed by atoms with Crippen LogP contribution in [0.2, 0.25) is 0 Å². The van der Waals surface area contributed by atoms with Gasteiger partial charge in [-0.15, -0.1) is 0 Å². The van der Waals surface area contributed by atoms with Gasteiger partial charge in [0.15, 0.2) is 0 Å². The molecule has 0 spiro atoms. The first-order chi connectivity index (χ1) is 8.63. The highest BCUT2D eigenvalue weighted by molar-refractivity contribution is 5.83. The van der Waals surface area contributed by atoms with Gasteiger partial charge >= 0.3 is 0 Å². The van der Waals surface area contributed by atoms with E-state index >= 15 is 0 Å². The zero-order valence-corrected chi connectivity index (χ0v) is 12.0. The van der Waals surface area contributed by atoms with E-state index in [1.807, 2.05) is 11.8 Å². The SMILES string of the molecule is CCC1NC(C)C(=O)N1CCN(C)C1CCCC1. The van der Waals surface area contributed by atoms with Crippen molar-refractivity contribution in [2.75, 3.05) is 20.1 Å². The van der Waals surface area contributed by atoms with E-state index in [-0.39, 0.29) is 18.1 Å². The van der Waals surface area contributed by atoms with Crippen molar-refractivity contribution in [3.8, 4) is 0 Å². The summed E-state index contributed by atoms with van der Waals surface area (Å²) in [5.74, 6) is 0.265. The standard InChI is InChI=1S/C14H27N3O/c1-4-13-15-11(2)14(18)17(13)10-9-16(3)12-7-5-6-8-12/h11-13,15H,4-10H2,1-3H3. The molecule has 0 aromatic carbocycles. The Labute approximate surface area is 111 Å². The van der Waals surface area contributed by atoms with E-state index in [0.717, 1.165) is 25.6 Å². The van der Waals surface area contributed by atoms with E-state index in [9.17, 15) is 4.79 Å². The van der Waals surface area contributed by atoms with Gasteiger partial charge in [0.05, 0.1) is 12.2 Å². The average molecular weight is 253 g/mol. The second-order valence-electron chi connectivity index (χ2n) is 5.76. The number of likely N-dealkylation sites (N-methyl/N-ethyl adjacent to an activating group) is 1. The highest BCUT2D eigenvalue weighted by atomic mass is 16.2. The van der Waals surface area contributed by atoms with E-state index in [4.69, 9.17) is 0 Å². The quantitative estimate of drug-likeness (QED) is 0.805. The van der Waals surface area contributed by atoms with Gasteiger partial charge in [0, 0.05) is 19.1 Å². The first-order valence-electron chi connectivity index (χ1n) is 7.40. The first-order valence-corrected chi connectivity index (χ1v) is 7.40. The van der Waals surface area contributed by atoms with Gasteiger partial charge in [-0.2, -0.15) is 0 Å². The maximum absolute atomic E-state index is 12.1. The van der Waals surface area contributed by atoms with Crippen molar-refractivity contribution in [3.63, 3.8) is 0 Å². The van der Waals surface area contributed by atoms with Gasteiger partial charge < -0.3 is 9.80 Å². The molecule has 2 rings (SSSR count). The summed E-state index contributed by atoms with van der Waals surface area (Å²) < 4.78 is 0. The monoisotopic (exact) mass is 253 g/mol. The van der Waals surface area contributed by atoms with E-state index < -0.39 is 0 Å². The molecule has 4 nitrogen and oxygen atoms in total. The van der Waals surface area contributed by atoms with Crippen molar-refractivity contribution in [2.45, 2.75) is 64.2 Å². The molecule has 2 aliphatic rings. The minimum atomic E-state index is -0.00765. The van der Waals surface area contributed by atoms with Crippen LogP contribution in [0.25, 0.3) is 0 Å². The lowest BCUT2D eigenvalue weighted by molar-refractivity contribution is -0.130. The van der Waals surface area contributed by atoms with Crippen LogP contribution in [0.3, 0.4) is 0 Å². The van der Waals surface area contributed by atoms with Gasteiger partial charge in [-0.3, -0.25) is 10.1 Å². The zero-order valence-electron chi connectivity index (χ0n) is 12.0. The second-order valence-corrected chi connectivity index (χ2v) is 5.76. The van der Waals surface area contributed by atoms with Crippen molar-refractivity contribution in [2.24, 2.45) is 0 Å². The third-order valence-corrected chi connectivity index (χ3v) is 4.50. The molecule has 104 valence electrons. The molecule has 2 unspecified atom stereocenters. The Morgan fingerprint density at radius 1 is 1.39 bits per heavy atom. The molecule has 2 atom stereocenters. The van der Waals surface area contributed by atoms with Crippen molar-refractivity contribution < 1.29 is 4.79 Å². The topological polar surface area (TPSA) is 35.6 Å². The van der Waals surface area contributed by atoms with E-state index in [2.05, 4.69) is 24.2 Å². The summed E-state index contributed by atoms with van der Waals surface area (Å²) in [4.78, 5) is 16.5. The van der Waals surface area contributed by atoms with Crippen LogP contribution in [0.1, 0.15) is 46.0 Å². The minimum Gasteiger partial charge on any atom is -0.325 e. The molecule has 1 aliphatic heterocycles. The number of carbonyl (C=O) groups excluding carboxylic acids is 1. The lowest BCUT2D eigenvalue weighted by atomic mass is 10.2. The number of rotatable bonds is 5. The van der Waals surface area contributed by atoms with Gasteiger partial charge in [-0.1, -0.05) is 19.8 Å². The van der Waals surface area contributed by atoms with E-state index in [1.165, 1.54) is 25.7 Å². The summed E-state index contributed by atoms with van der Waals surface area (Å²) in [5, 5.41) is 3.35. The first kappa shape index (κ1) is 13.8. The molecular weight excluding hydrogens is 226 g/mol. The van der Waals surface area contributed by atoms with Crippen LogP contribution < -0.4 is 5.32 Å². The molecule has 4 heteroatoms. The molecule has 1 amide bonds. The van der Waals surface area contributed by atoms with Gasteiger partial charge in [-0.05, 0) is 33.2 Å². The molecule has 1 heterocycles. The Kier molecular flexibility index (Phi) is 4.62. The van der Waals surface area contributed by atoms with Crippen molar-refractivity contribution >= 4 is 5.91 Å². The maximum Gasteiger partial charge on any atom is 0.240 e. The Hall–Kier alpha value is -0.610. The van der Waals surface area contributed by atoms with Crippen LogP contribution in [0.15, 0.2) is 0 Å². The van der Waals surface area contributed by atoms with Crippen molar-refractivity contribution in [1.29, 1.82) is 0 Å². The largest absolute Gasteiger partial charge is 0.325 e. The predicted molar refractivity (Wildman–Crippen MR) is 73.3 cm³/mol. The second kappa shape index (κ2) is 6.02. The van der Waals surface area contributed by atoms with Crippen molar-refractivity contribution in [1.82, 2.24) is 15.1 Å². The Balaban J connectivity index is 1.82. The molecule has 0 aromatic rings. The minimum absolute atomic E-state index is 0.00765. The van der Waals surface area contributed by atoms with Crippen LogP contribution in [-0.2, 0) is 4.79 Å². The third-order valence-electron chi connectivity index (χ3n) is 4.50. The Morgan fingerprint density at radius 2 is 2.06 bits per heavy atom. The highest BCUT2D eigenvalue weighted by Crippen LogP contribution is 2.22. The number of hydrogen-bond acceptors (Lipinski definition) is 3. The number of amides is 1. The molecule has 0 bridgehead atoms. The molecule has 18 heavy (non-hydrogen) atoms. The summed E-state index contributed by atoms with van der Waals surface area (Å²) in [5.41, 5.74) is 0. The molecule has 1 saturated heterocycles. The molecule has 0 aromatic heterocycles. The smallest absolute Gasteiger partial charge is 0.240 e. The van der Waals surface area contributed by atoms with Crippen LogP contribution in [0, 0.1) is 0 Å². The Morgan fingerprint density at radius 3 is 2.67 bits per heavy atom. The molecule has 1 N–H and O–H groups in total. The molecule has 1 aliphatic carbocycles. The maximum atomic E-state index is 12.1. The summed E-state index contributed by atoms with van der Waals surface area (Å²) in [6.07, 6.45) is 6.63. The Bertz CT molecular complexity index is 289. The molecule has 2 fully saturated rings. The van der Waals surface area contributed by atoms with Gasteiger partial charge in [-0.25, -0.2) is 0 Å². The van der Waals surface area contributed by atoms with Crippen molar-refractivity contribution in [3.05, 3.63) is 0 Å². The number of nitrogens with zero attached hydrogens (tertiary/aromatic N) is 2. The predicted octanol–water partition coefficient (Wildman–Crippen LogP) is 1.42. The zero-order chi connectivity index (χ0) is 13.1. The number of hydrogen-bond donors (Lipinski definition) is 1. The molecule has 1 saturated carbocycles. The summed E-state index contributed by atoms with van der Waals surface area (Å²) in [6.45, 7) is 5.96. The summed E-state index contributed by atoms with van der Waals surface area (Å²) in [7, 11) is 2.20. The lowest BCUT2D eigenvalue weighted by Gasteiger charge is -2.29. The van der Waals surface area contributed by atoms with Crippen LogP contribution in [0.4, 0.5) is 0 Å². The van der Waals surface area contributed by atoms with E-state index in [1.54, 1.807) is 0 Å². The summed E-state index contributed by atoms with van der Waals surface area (Å²) in [6, 6.07) is 0.736. The van der Waals surface area contributed by atoms with Gasteiger partial charge in [0.1, 0.15) is 0 Å². The highest BCUT2D eigenvalue weighted by Gasteiger charge is 2.34. The molecule has 0 radical (unpaired) electrons. The lowest BCUT2D eigenvalue weighted by Crippen LogP contribution is -2.43. The number of carbonyl (C=O) groups is 1.